The van der Waals surface area contributed by atoms with Crippen LogP contribution in [0.1, 0.15) is 23.0 Å². The third-order valence-corrected chi connectivity index (χ3v) is 2.55. The average Bonchev–Trinajstić information content (AvgIpc) is 2.28. The van der Waals surface area contributed by atoms with Gasteiger partial charge >= 0.3 is 0 Å². The van der Waals surface area contributed by atoms with Crippen LogP contribution in [0.25, 0.3) is 0 Å². The molecule has 0 saturated carbocycles. The third-order valence-electron chi connectivity index (χ3n) is 2.55. The fourth-order valence-electron chi connectivity index (χ4n) is 1.52. The second-order valence-electron chi connectivity index (χ2n) is 4.20. The molecular weight excluding hydrogens is 202 g/mol. The average molecular weight is 221 g/mol. The van der Waals surface area contributed by atoms with Crippen LogP contribution in [0.3, 0.4) is 0 Å². The molecule has 2 N–H and O–H groups in total. The Labute approximate surface area is 96.5 Å². The molecule has 0 aliphatic rings. The van der Waals surface area contributed by atoms with E-state index in [1.807, 2.05) is 26.0 Å². The van der Waals surface area contributed by atoms with Crippen LogP contribution in [-0.2, 0) is 0 Å². The summed E-state index contributed by atoms with van der Waals surface area (Å²) in [5.41, 5.74) is 6.96. The molecule has 0 aliphatic carbocycles. The van der Waals surface area contributed by atoms with Crippen molar-refractivity contribution in [1.29, 1.82) is 0 Å². The van der Waals surface area contributed by atoms with E-state index in [1.54, 1.807) is 18.1 Å². The monoisotopic (exact) mass is 221 g/mol. The number of pyridine rings is 1. The zero-order valence-electron chi connectivity index (χ0n) is 10.1. The number of nitrogens with two attached hydrogens (primary N) is 1. The van der Waals surface area contributed by atoms with Gasteiger partial charge in [-0.05, 0) is 31.0 Å². The molecule has 0 bridgehead atoms. The summed E-state index contributed by atoms with van der Waals surface area (Å²) in [5.74, 6) is 0.261. The SMILES string of the molecule is Cc1cccnc1C(=O)N(C)CC(C)CN. The quantitative estimate of drug-likeness (QED) is 0.827. The van der Waals surface area contributed by atoms with Crippen molar-refractivity contribution in [3.8, 4) is 0 Å². The van der Waals surface area contributed by atoms with Crippen molar-refractivity contribution >= 4 is 5.91 Å². The van der Waals surface area contributed by atoms with E-state index in [1.165, 1.54) is 0 Å². The molecule has 0 fully saturated rings. The zero-order chi connectivity index (χ0) is 12.1. The molecule has 16 heavy (non-hydrogen) atoms. The summed E-state index contributed by atoms with van der Waals surface area (Å²) in [6.07, 6.45) is 1.64. The standard InChI is InChI=1S/C12H19N3O/c1-9(7-13)8-15(3)12(16)11-10(2)5-4-6-14-11/h4-6,9H,7-8,13H2,1-3H3. The first-order valence-electron chi connectivity index (χ1n) is 5.43. The largest absolute Gasteiger partial charge is 0.340 e. The fraction of sp³-hybridized carbons (Fsp3) is 0.500. The zero-order valence-corrected chi connectivity index (χ0v) is 10.1. The maximum absolute atomic E-state index is 12.0. The van der Waals surface area contributed by atoms with Gasteiger partial charge in [-0.1, -0.05) is 13.0 Å². The number of hydrogen-bond donors (Lipinski definition) is 1. The normalized spacial score (nSPS) is 12.2. The lowest BCUT2D eigenvalue weighted by Crippen LogP contribution is -2.34. The summed E-state index contributed by atoms with van der Waals surface area (Å²) < 4.78 is 0. The molecule has 88 valence electrons. The molecule has 0 spiro atoms. The molecule has 0 aromatic carbocycles. The predicted molar refractivity (Wildman–Crippen MR) is 64.2 cm³/mol. The summed E-state index contributed by atoms with van der Waals surface area (Å²) in [5, 5.41) is 0. The van der Waals surface area contributed by atoms with Crippen molar-refractivity contribution in [3.63, 3.8) is 0 Å². The van der Waals surface area contributed by atoms with E-state index in [0.29, 0.717) is 24.7 Å². The second kappa shape index (κ2) is 5.61. The van der Waals surface area contributed by atoms with Gasteiger partial charge in [-0.3, -0.25) is 9.78 Å². The highest BCUT2D eigenvalue weighted by atomic mass is 16.2. The molecule has 1 aromatic heterocycles. The minimum absolute atomic E-state index is 0.0431. The summed E-state index contributed by atoms with van der Waals surface area (Å²) in [7, 11) is 1.78. The molecule has 1 rings (SSSR count). The minimum atomic E-state index is -0.0431. The Morgan fingerprint density at radius 3 is 2.88 bits per heavy atom. The van der Waals surface area contributed by atoms with Crippen molar-refractivity contribution in [2.75, 3.05) is 20.1 Å². The van der Waals surface area contributed by atoms with E-state index in [-0.39, 0.29) is 5.91 Å². The van der Waals surface area contributed by atoms with Gasteiger partial charge in [0.25, 0.3) is 5.91 Å². The van der Waals surface area contributed by atoms with Gasteiger partial charge in [0, 0.05) is 19.8 Å². The maximum Gasteiger partial charge on any atom is 0.272 e. The Hall–Kier alpha value is -1.42. The molecule has 0 radical (unpaired) electrons. The smallest absolute Gasteiger partial charge is 0.272 e. The van der Waals surface area contributed by atoms with Gasteiger partial charge in [-0.2, -0.15) is 0 Å². The summed E-state index contributed by atoms with van der Waals surface area (Å²) in [6.45, 7) is 5.15. The number of aryl methyl sites for hydroxylation is 1. The van der Waals surface area contributed by atoms with Crippen molar-refractivity contribution in [3.05, 3.63) is 29.6 Å². The molecule has 1 atom stereocenters. The highest BCUT2D eigenvalue weighted by molar-refractivity contribution is 5.93. The van der Waals surface area contributed by atoms with E-state index < -0.39 is 0 Å². The number of aromatic nitrogens is 1. The number of amides is 1. The summed E-state index contributed by atoms with van der Waals surface area (Å²) >= 11 is 0. The van der Waals surface area contributed by atoms with Gasteiger partial charge in [0.1, 0.15) is 5.69 Å². The Morgan fingerprint density at radius 1 is 1.62 bits per heavy atom. The van der Waals surface area contributed by atoms with Gasteiger partial charge in [0.15, 0.2) is 0 Å². The van der Waals surface area contributed by atoms with E-state index in [0.717, 1.165) is 5.56 Å². The third kappa shape index (κ3) is 3.03. The molecule has 0 saturated heterocycles. The highest BCUT2D eigenvalue weighted by Crippen LogP contribution is 2.07. The van der Waals surface area contributed by atoms with Crippen LogP contribution < -0.4 is 5.73 Å². The first-order chi connectivity index (χ1) is 7.56. The molecule has 4 nitrogen and oxygen atoms in total. The number of rotatable bonds is 4. The number of carbonyl (C=O) groups excluding carboxylic acids is 1. The number of carbonyl (C=O) groups is 1. The molecule has 1 aromatic rings. The van der Waals surface area contributed by atoms with Crippen LogP contribution >= 0.6 is 0 Å². The maximum atomic E-state index is 12.0. The molecule has 1 heterocycles. The Balaban J connectivity index is 2.75. The van der Waals surface area contributed by atoms with Crippen molar-refractivity contribution in [2.24, 2.45) is 11.7 Å². The Morgan fingerprint density at radius 2 is 2.31 bits per heavy atom. The van der Waals surface area contributed by atoms with Crippen LogP contribution in [0.2, 0.25) is 0 Å². The summed E-state index contributed by atoms with van der Waals surface area (Å²) in [6, 6.07) is 3.72. The minimum Gasteiger partial charge on any atom is -0.340 e. The van der Waals surface area contributed by atoms with Crippen LogP contribution in [-0.4, -0.2) is 35.9 Å². The van der Waals surface area contributed by atoms with E-state index in [2.05, 4.69) is 4.98 Å². The molecule has 1 unspecified atom stereocenters. The van der Waals surface area contributed by atoms with Crippen LogP contribution in [0.5, 0.6) is 0 Å². The van der Waals surface area contributed by atoms with Gasteiger partial charge < -0.3 is 10.6 Å². The Bertz CT molecular complexity index is 365. The molecule has 1 amide bonds. The van der Waals surface area contributed by atoms with Crippen LogP contribution in [0.4, 0.5) is 0 Å². The van der Waals surface area contributed by atoms with Gasteiger partial charge in [0.05, 0.1) is 0 Å². The number of nitrogens with zero attached hydrogens (tertiary/aromatic N) is 2. The van der Waals surface area contributed by atoms with Crippen molar-refractivity contribution in [2.45, 2.75) is 13.8 Å². The fourth-order valence-corrected chi connectivity index (χ4v) is 1.52. The molecule has 0 aliphatic heterocycles. The van der Waals surface area contributed by atoms with E-state index in [9.17, 15) is 4.79 Å². The lowest BCUT2D eigenvalue weighted by Gasteiger charge is -2.20. The second-order valence-corrected chi connectivity index (χ2v) is 4.20. The van der Waals surface area contributed by atoms with Crippen LogP contribution in [0, 0.1) is 12.8 Å². The first kappa shape index (κ1) is 12.6. The topological polar surface area (TPSA) is 59.2 Å². The van der Waals surface area contributed by atoms with E-state index in [4.69, 9.17) is 5.73 Å². The number of hydrogen-bond acceptors (Lipinski definition) is 3. The van der Waals surface area contributed by atoms with E-state index >= 15 is 0 Å². The lowest BCUT2D eigenvalue weighted by molar-refractivity contribution is 0.0771. The predicted octanol–water partition coefficient (Wildman–Crippen LogP) is 1.06. The highest BCUT2D eigenvalue weighted by Gasteiger charge is 2.16. The molecule has 4 heteroatoms. The van der Waals surface area contributed by atoms with Crippen molar-refractivity contribution in [1.82, 2.24) is 9.88 Å². The summed E-state index contributed by atoms with van der Waals surface area (Å²) in [4.78, 5) is 17.8. The first-order valence-corrected chi connectivity index (χ1v) is 5.43. The van der Waals surface area contributed by atoms with Gasteiger partial charge in [-0.25, -0.2) is 0 Å². The van der Waals surface area contributed by atoms with Crippen molar-refractivity contribution < 1.29 is 4.79 Å². The van der Waals surface area contributed by atoms with Gasteiger partial charge in [0.2, 0.25) is 0 Å². The van der Waals surface area contributed by atoms with Gasteiger partial charge in [-0.15, -0.1) is 0 Å². The lowest BCUT2D eigenvalue weighted by atomic mass is 10.1. The molecular formula is C12H19N3O. The Kier molecular flexibility index (Phi) is 4.43. The van der Waals surface area contributed by atoms with Crippen LogP contribution in [0.15, 0.2) is 18.3 Å².